The standard InChI is InChI=1S/C23H46N2O/c1-2-3-4-5-6-7-8-9-10-11-12-13-14-15-16-17-18-23(26)21-25-20-19-24-22-25/h22-23,26H,2-21H2,1H3. The number of nitrogens with zero attached hydrogens (tertiary/aromatic N) is 2. The molecule has 0 saturated carbocycles. The summed E-state index contributed by atoms with van der Waals surface area (Å²) in [5.41, 5.74) is 0. The van der Waals surface area contributed by atoms with E-state index in [0.717, 1.165) is 26.1 Å². The van der Waals surface area contributed by atoms with Crippen LogP contribution in [0.15, 0.2) is 4.99 Å². The molecule has 0 aliphatic carbocycles. The third-order valence-corrected chi connectivity index (χ3v) is 5.60. The summed E-state index contributed by atoms with van der Waals surface area (Å²) in [5, 5.41) is 10.0. The monoisotopic (exact) mass is 366 g/mol. The molecule has 1 aliphatic heterocycles. The molecule has 0 aromatic carbocycles. The summed E-state index contributed by atoms with van der Waals surface area (Å²) in [4.78, 5) is 6.32. The molecule has 1 rings (SSSR count). The SMILES string of the molecule is CCCCCCCCCCCCCCCCCCC(O)CN1C=NCC1. The van der Waals surface area contributed by atoms with Crippen LogP contribution in [0.5, 0.6) is 0 Å². The summed E-state index contributed by atoms with van der Waals surface area (Å²) >= 11 is 0. The Morgan fingerprint density at radius 3 is 1.65 bits per heavy atom. The van der Waals surface area contributed by atoms with E-state index in [1.54, 1.807) is 0 Å². The van der Waals surface area contributed by atoms with Crippen LogP contribution in [-0.2, 0) is 0 Å². The summed E-state index contributed by atoms with van der Waals surface area (Å²) in [7, 11) is 0. The maximum absolute atomic E-state index is 10.0. The summed E-state index contributed by atoms with van der Waals surface area (Å²) < 4.78 is 0. The van der Waals surface area contributed by atoms with Gasteiger partial charge in [0.15, 0.2) is 0 Å². The zero-order chi connectivity index (χ0) is 18.7. The molecule has 1 atom stereocenters. The number of hydrogen-bond acceptors (Lipinski definition) is 3. The molecule has 3 nitrogen and oxygen atoms in total. The molecule has 0 radical (unpaired) electrons. The lowest BCUT2D eigenvalue weighted by molar-refractivity contribution is 0.135. The largest absolute Gasteiger partial charge is 0.391 e. The van der Waals surface area contributed by atoms with E-state index in [-0.39, 0.29) is 6.10 Å². The highest BCUT2D eigenvalue weighted by Crippen LogP contribution is 2.14. The average Bonchev–Trinajstić information content (AvgIpc) is 3.14. The molecular formula is C23H46N2O. The maximum Gasteiger partial charge on any atom is 0.0852 e. The molecule has 0 saturated heterocycles. The van der Waals surface area contributed by atoms with E-state index in [0.29, 0.717) is 0 Å². The van der Waals surface area contributed by atoms with Gasteiger partial charge < -0.3 is 10.0 Å². The van der Waals surface area contributed by atoms with Crippen molar-refractivity contribution in [2.75, 3.05) is 19.6 Å². The van der Waals surface area contributed by atoms with Crippen molar-refractivity contribution in [1.29, 1.82) is 0 Å². The third kappa shape index (κ3) is 14.6. The van der Waals surface area contributed by atoms with Crippen molar-refractivity contribution in [3.8, 4) is 0 Å². The zero-order valence-corrected chi connectivity index (χ0v) is 17.6. The number of β-amino-alcohol motifs (C(OH)–C–C–N with tert-alkyl or cyclic N) is 1. The normalized spacial score (nSPS) is 15.1. The number of aliphatic hydroxyl groups excluding tert-OH is 1. The van der Waals surface area contributed by atoms with Gasteiger partial charge in [-0.25, -0.2) is 0 Å². The minimum Gasteiger partial charge on any atom is -0.391 e. The Balaban J connectivity index is 1.70. The van der Waals surface area contributed by atoms with Crippen LogP contribution in [0.1, 0.15) is 116 Å². The minimum atomic E-state index is -0.175. The highest BCUT2D eigenvalue weighted by Gasteiger charge is 2.11. The minimum absolute atomic E-state index is 0.175. The zero-order valence-electron chi connectivity index (χ0n) is 17.6. The van der Waals surface area contributed by atoms with Crippen molar-refractivity contribution < 1.29 is 5.11 Å². The van der Waals surface area contributed by atoms with Gasteiger partial charge in [-0.05, 0) is 6.42 Å². The molecular weight excluding hydrogens is 320 g/mol. The Bertz CT molecular complexity index is 319. The molecule has 26 heavy (non-hydrogen) atoms. The molecule has 0 bridgehead atoms. The van der Waals surface area contributed by atoms with Crippen LogP contribution < -0.4 is 0 Å². The van der Waals surface area contributed by atoms with Gasteiger partial charge in [-0.3, -0.25) is 4.99 Å². The second-order valence-electron chi connectivity index (χ2n) is 8.26. The second-order valence-corrected chi connectivity index (χ2v) is 8.26. The average molecular weight is 367 g/mol. The Morgan fingerprint density at radius 2 is 1.23 bits per heavy atom. The van der Waals surface area contributed by atoms with Crippen LogP contribution >= 0.6 is 0 Å². The molecule has 1 heterocycles. The first-order chi connectivity index (χ1) is 12.8. The van der Waals surface area contributed by atoms with E-state index in [1.807, 2.05) is 6.34 Å². The van der Waals surface area contributed by atoms with E-state index in [4.69, 9.17) is 0 Å². The number of rotatable bonds is 19. The van der Waals surface area contributed by atoms with Crippen molar-refractivity contribution in [2.45, 2.75) is 122 Å². The summed E-state index contributed by atoms with van der Waals surface area (Å²) in [6, 6.07) is 0. The van der Waals surface area contributed by atoms with Gasteiger partial charge in [0.25, 0.3) is 0 Å². The van der Waals surface area contributed by atoms with E-state index in [1.165, 1.54) is 103 Å². The van der Waals surface area contributed by atoms with Crippen LogP contribution in [0.4, 0.5) is 0 Å². The molecule has 1 aliphatic rings. The summed E-state index contributed by atoms with van der Waals surface area (Å²) in [6.07, 6.45) is 25.1. The van der Waals surface area contributed by atoms with Crippen LogP contribution in [-0.4, -0.2) is 42.1 Å². The van der Waals surface area contributed by atoms with Gasteiger partial charge in [0, 0.05) is 13.1 Å². The van der Waals surface area contributed by atoms with E-state index in [9.17, 15) is 5.11 Å². The Labute approximate surface area is 163 Å². The number of unbranched alkanes of at least 4 members (excludes halogenated alkanes) is 15. The van der Waals surface area contributed by atoms with Gasteiger partial charge in [-0.2, -0.15) is 0 Å². The fourth-order valence-electron chi connectivity index (χ4n) is 3.85. The van der Waals surface area contributed by atoms with Crippen molar-refractivity contribution in [1.82, 2.24) is 4.90 Å². The fraction of sp³-hybridized carbons (Fsp3) is 0.957. The molecule has 1 N–H and O–H groups in total. The lowest BCUT2D eigenvalue weighted by atomic mass is 10.0. The van der Waals surface area contributed by atoms with Gasteiger partial charge in [-0.15, -0.1) is 0 Å². The molecule has 1 unspecified atom stereocenters. The molecule has 0 aromatic rings. The first-order valence-electron chi connectivity index (χ1n) is 11.7. The number of aliphatic hydroxyl groups is 1. The van der Waals surface area contributed by atoms with Crippen molar-refractivity contribution >= 4 is 6.34 Å². The van der Waals surface area contributed by atoms with Gasteiger partial charge in [0.1, 0.15) is 0 Å². The van der Waals surface area contributed by atoms with Crippen LogP contribution in [0.25, 0.3) is 0 Å². The number of hydrogen-bond donors (Lipinski definition) is 1. The third-order valence-electron chi connectivity index (χ3n) is 5.60. The van der Waals surface area contributed by atoms with Crippen molar-refractivity contribution in [2.24, 2.45) is 4.99 Å². The smallest absolute Gasteiger partial charge is 0.0852 e. The maximum atomic E-state index is 10.0. The predicted molar refractivity (Wildman–Crippen MR) is 115 cm³/mol. The van der Waals surface area contributed by atoms with E-state index >= 15 is 0 Å². The lowest BCUT2D eigenvalue weighted by Gasteiger charge is -2.18. The highest BCUT2D eigenvalue weighted by atomic mass is 16.3. The van der Waals surface area contributed by atoms with Gasteiger partial charge in [0.05, 0.1) is 19.0 Å². The number of aliphatic imine (C=N–C) groups is 1. The second kappa shape index (κ2) is 17.8. The lowest BCUT2D eigenvalue weighted by Crippen LogP contribution is -2.30. The molecule has 0 amide bonds. The Kier molecular flexibility index (Phi) is 16.1. The fourth-order valence-corrected chi connectivity index (χ4v) is 3.85. The van der Waals surface area contributed by atoms with Crippen LogP contribution in [0.2, 0.25) is 0 Å². The predicted octanol–water partition coefficient (Wildman–Crippen LogP) is 6.34. The van der Waals surface area contributed by atoms with Gasteiger partial charge in [-0.1, -0.05) is 110 Å². The quantitative estimate of drug-likeness (QED) is 0.271. The topological polar surface area (TPSA) is 35.8 Å². The molecule has 3 heteroatoms. The van der Waals surface area contributed by atoms with Crippen molar-refractivity contribution in [3.05, 3.63) is 0 Å². The summed E-state index contributed by atoms with van der Waals surface area (Å²) in [5.74, 6) is 0. The molecule has 0 fully saturated rings. The van der Waals surface area contributed by atoms with Crippen LogP contribution in [0, 0.1) is 0 Å². The highest BCUT2D eigenvalue weighted by molar-refractivity contribution is 5.56. The first-order valence-corrected chi connectivity index (χ1v) is 11.7. The van der Waals surface area contributed by atoms with E-state index < -0.39 is 0 Å². The van der Waals surface area contributed by atoms with Crippen LogP contribution in [0.3, 0.4) is 0 Å². The van der Waals surface area contributed by atoms with Crippen molar-refractivity contribution in [3.63, 3.8) is 0 Å². The van der Waals surface area contributed by atoms with Gasteiger partial charge in [0.2, 0.25) is 0 Å². The van der Waals surface area contributed by atoms with E-state index in [2.05, 4.69) is 16.8 Å². The summed E-state index contributed by atoms with van der Waals surface area (Å²) in [6.45, 7) is 4.93. The molecule has 0 aromatic heterocycles. The molecule has 0 spiro atoms. The Hall–Kier alpha value is -0.570. The molecule has 154 valence electrons. The first kappa shape index (κ1) is 23.5. The van der Waals surface area contributed by atoms with Gasteiger partial charge >= 0.3 is 0 Å². The Morgan fingerprint density at radius 1 is 0.769 bits per heavy atom.